The van der Waals surface area contributed by atoms with E-state index in [0.717, 1.165) is 11.6 Å². The van der Waals surface area contributed by atoms with Crippen LogP contribution in [-0.4, -0.2) is 53.0 Å². The quantitative estimate of drug-likeness (QED) is 0.769. The number of aryl methyl sites for hydroxylation is 1. The normalized spacial score (nSPS) is 18.0. The number of hydrogen-bond donors (Lipinski definition) is 1. The molecule has 1 N–H and O–H groups in total. The summed E-state index contributed by atoms with van der Waals surface area (Å²) >= 11 is 0. The topological polar surface area (TPSA) is 77.1 Å². The fraction of sp³-hybridized carbons (Fsp3) is 0.400. The average Bonchev–Trinajstić information content (AvgIpc) is 3.16. The Bertz CT molecular complexity index is 992. The highest BCUT2D eigenvalue weighted by atomic mass is 32.2. The van der Waals surface area contributed by atoms with Crippen LogP contribution in [0.25, 0.3) is 0 Å². The molecule has 0 amide bonds. The Hall–Kier alpha value is -2.20. The molecule has 2 aliphatic heterocycles. The molecule has 0 unspecified atom stereocenters. The SMILES string of the molecule is Cc1cc(F)ccc1S(=O)(=O)NC[C@H](c1ccc2c(c1)OCO2)N1CCOCC1. The number of sulfonamides is 1. The average molecular weight is 422 g/mol. The molecule has 4 rings (SSSR count). The lowest BCUT2D eigenvalue weighted by molar-refractivity contribution is 0.0171. The van der Waals surface area contributed by atoms with E-state index >= 15 is 0 Å². The Morgan fingerprint density at radius 2 is 1.86 bits per heavy atom. The van der Waals surface area contributed by atoms with E-state index < -0.39 is 15.8 Å². The molecule has 0 bridgehead atoms. The molecule has 1 fully saturated rings. The molecule has 1 saturated heterocycles. The Morgan fingerprint density at radius 3 is 2.62 bits per heavy atom. The van der Waals surface area contributed by atoms with Gasteiger partial charge in [-0.15, -0.1) is 0 Å². The molecule has 29 heavy (non-hydrogen) atoms. The first-order valence-electron chi connectivity index (χ1n) is 9.41. The Morgan fingerprint density at radius 1 is 1.10 bits per heavy atom. The van der Waals surface area contributed by atoms with Gasteiger partial charge in [-0.05, 0) is 48.4 Å². The Labute approximate surface area is 169 Å². The molecule has 1 atom stereocenters. The largest absolute Gasteiger partial charge is 0.454 e. The predicted molar refractivity (Wildman–Crippen MR) is 104 cm³/mol. The third-order valence-electron chi connectivity index (χ3n) is 5.16. The van der Waals surface area contributed by atoms with Crippen molar-refractivity contribution in [3.63, 3.8) is 0 Å². The Kier molecular flexibility index (Phi) is 5.73. The van der Waals surface area contributed by atoms with Crippen molar-refractivity contribution in [2.24, 2.45) is 0 Å². The molecule has 0 aromatic heterocycles. The van der Waals surface area contributed by atoms with Crippen LogP contribution in [0.2, 0.25) is 0 Å². The second-order valence-corrected chi connectivity index (χ2v) is 8.77. The predicted octanol–water partition coefficient (Wildman–Crippen LogP) is 2.21. The molecule has 9 heteroatoms. The molecule has 0 saturated carbocycles. The van der Waals surface area contributed by atoms with Crippen LogP contribution >= 0.6 is 0 Å². The highest BCUT2D eigenvalue weighted by Gasteiger charge is 2.27. The van der Waals surface area contributed by atoms with Crippen molar-refractivity contribution in [1.82, 2.24) is 9.62 Å². The van der Waals surface area contributed by atoms with E-state index in [1.54, 1.807) is 6.92 Å². The maximum Gasteiger partial charge on any atom is 0.240 e. The summed E-state index contributed by atoms with van der Waals surface area (Å²) in [5, 5.41) is 0. The number of hydrogen-bond acceptors (Lipinski definition) is 6. The standard InChI is InChI=1S/C20H23FN2O5S/c1-14-10-16(21)3-5-20(14)29(24,25)22-12-17(23-6-8-26-9-7-23)15-2-4-18-19(11-15)28-13-27-18/h2-5,10-11,17,22H,6-9,12-13H2,1H3/t17-/m1/s1. The number of nitrogens with one attached hydrogen (secondary N) is 1. The molecule has 0 aliphatic carbocycles. The summed E-state index contributed by atoms with van der Waals surface area (Å²) in [7, 11) is -3.79. The number of rotatable bonds is 6. The molecule has 156 valence electrons. The second-order valence-electron chi connectivity index (χ2n) is 7.04. The molecule has 2 heterocycles. The summed E-state index contributed by atoms with van der Waals surface area (Å²) < 4.78 is 58.1. The zero-order valence-corrected chi connectivity index (χ0v) is 16.9. The van der Waals surface area contributed by atoms with E-state index in [-0.39, 0.29) is 24.3 Å². The molecule has 2 aromatic rings. The fourth-order valence-corrected chi connectivity index (χ4v) is 4.91. The maximum atomic E-state index is 13.4. The van der Waals surface area contributed by atoms with Crippen LogP contribution < -0.4 is 14.2 Å². The minimum Gasteiger partial charge on any atom is -0.454 e. The van der Waals surface area contributed by atoms with Gasteiger partial charge in [-0.1, -0.05) is 6.07 Å². The third kappa shape index (κ3) is 4.37. The zero-order chi connectivity index (χ0) is 20.4. The van der Waals surface area contributed by atoms with Crippen LogP contribution in [0.15, 0.2) is 41.3 Å². The molecule has 0 radical (unpaired) electrons. The lowest BCUT2D eigenvalue weighted by Crippen LogP contribution is -2.43. The third-order valence-corrected chi connectivity index (χ3v) is 6.74. The minimum atomic E-state index is -3.79. The lowest BCUT2D eigenvalue weighted by Gasteiger charge is -2.35. The summed E-state index contributed by atoms with van der Waals surface area (Å²) in [5.41, 5.74) is 1.29. The van der Waals surface area contributed by atoms with Gasteiger partial charge in [0.05, 0.1) is 18.1 Å². The van der Waals surface area contributed by atoms with Crippen LogP contribution in [0, 0.1) is 12.7 Å². The lowest BCUT2D eigenvalue weighted by atomic mass is 10.0. The van der Waals surface area contributed by atoms with Crippen molar-refractivity contribution in [3.05, 3.63) is 53.3 Å². The van der Waals surface area contributed by atoms with Crippen LogP contribution in [0.4, 0.5) is 4.39 Å². The zero-order valence-electron chi connectivity index (χ0n) is 16.1. The van der Waals surface area contributed by atoms with E-state index in [4.69, 9.17) is 14.2 Å². The summed E-state index contributed by atoms with van der Waals surface area (Å²) in [6.45, 7) is 4.48. The van der Waals surface area contributed by atoms with E-state index in [1.807, 2.05) is 18.2 Å². The summed E-state index contributed by atoms with van der Waals surface area (Å²) in [4.78, 5) is 2.26. The van der Waals surface area contributed by atoms with Crippen molar-refractivity contribution < 1.29 is 27.0 Å². The molecular formula is C20H23FN2O5S. The first kappa shape index (κ1) is 20.1. The number of ether oxygens (including phenoxy) is 3. The molecule has 2 aromatic carbocycles. The van der Waals surface area contributed by atoms with Crippen molar-refractivity contribution in [2.75, 3.05) is 39.6 Å². The molecule has 2 aliphatic rings. The molecule has 7 nitrogen and oxygen atoms in total. The van der Waals surface area contributed by atoms with Crippen LogP contribution in [-0.2, 0) is 14.8 Å². The van der Waals surface area contributed by atoms with Gasteiger partial charge in [0.2, 0.25) is 16.8 Å². The van der Waals surface area contributed by atoms with Gasteiger partial charge in [-0.2, -0.15) is 0 Å². The highest BCUT2D eigenvalue weighted by Crippen LogP contribution is 2.35. The van der Waals surface area contributed by atoms with E-state index in [1.165, 1.54) is 12.1 Å². The monoisotopic (exact) mass is 422 g/mol. The number of morpholine rings is 1. The van der Waals surface area contributed by atoms with Crippen molar-refractivity contribution in [1.29, 1.82) is 0 Å². The number of halogens is 1. The van der Waals surface area contributed by atoms with E-state index in [2.05, 4.69) is 9.62 Å². The van der Waals surface area contributed by atoms with Gasteiger partial charge in [0.25, 0.3) is 0 Å². The molecular weight excluding hydrogens is 399 g/mol. The highest BCUT2D eigenvalue weighted by molar-refractivity contribution is 7.89. The van der Waals surface area contributed by atoms with Gasteiger partial charge in [0.1, 0.15) is 5.82 Å². The summed E-state index contributed by atoms with van der Waals surface area (Å²) in [6.07, 6.45) is 0. The van der Waals surface area contributed by atoms with Gasteiger partial charge in [-0.25, -0.2) is 17.5 Å². The van der Waals surface area contributed by atoms with E-state index in [0.29, 0.717) is 43.4 Å². The number of fused-ring (bicyclic) bond motifs is 1. The van der Waals surface area contributed by atoms with Gasteiger partial charge < -0.3 is 14.2 Å². The summed E-state index contributed by atoms with van der Waals surface area (Å²) in [6, 6.07) is 9.10. The van der Waals surface area contributed by atoms with Gasteiger partial charge in [0.15, 0.2) is 11.5 Å². The number of nitrogens with zero attached hydrogens (tertiary/aromatic N) is 1. The van der Waals surface area contributed by atoms with Crippen molar-refractivity contribution in [3.8, 4) is 11.5 Å². The second kappa shape index (κ2) is 8.27. The van der Waals surface area contributed by atoms with Crippen molar-refractivity contribution in [2.45, 2.75) is 17.9 Å². The Balaban J connectivity index is 1.58. The van der Waals surface area contributed by atoms with Crippen LogP contribution in [0.1, 0.15) is 17.2 Å². The molecule has 0 spiro atoms. The summed E-state index contributed by atoms with van der Waals surface area (Å²) in [5.74, 6) is 0.864. The van der Waals surface area contributed by atoms with E-state index in [9.17, 15) is 12.8 Å². The van der Waals surface area contributed by atoms with Crippen molar-refractivity contribution >= 4 is 10.0 Å². The smallest absolute Gasteiger partial charge is 0.240 e. The first-order valence-corrected chi connectivity index (χ1v) is 10.9. The van der Waals surface area contributed by atoms with Gasteiger partial charge >= 0.3 is 0 Å². The van der Waals surface area contributed by atoms with Gasteiger partial charge in [0, 0.05) is 25.7 Å². The minimum absolute atomic E-state index is 0.0744. The maximum absolute atomic E-state index is 13.4. The first-order chi connectivity index (χ1) is 13.9. The van der Waals surface area contributed by atoms with Gasteiger partial charge in [-0.3, -0.25) is 4.90 Å². The fourth-order valence-electron chi connectivity index (χ4n) is 3.65. The van der Waals surface area contributed by atoms with Crippen LogP contribution in [0.3, 0.4) is 0 Å². The van der Waals surface area contributed by atoms with Crippen LogP contribution in [0.5, 0.6) is 11.5 Å². The number of benzene rings is 2.